The van der Waals surface area contributed by atoms with Crippen LogP contribution in [0.4, 0.5) is 26.3 Å². The Morgan fingerprint density at radius 2 is 1.57 bits per heavy atom. The number of alkyl halides is 6. The van der Waals surface area contributed by atoms with Gasteiger partial charge in [-0.1, -0.05) is 0 Å². The van der Waals surface area contributed by atoms with Crippen molar-refractivity contribution >= 4 is 12.4 Å². The molecule has 1 saturated heterocycles. The fourth-order valence-corrected chi connectivity index (χ4v) is 2.58. The highest BCUT2D eigenvalue weighted by atomic mass is 35.5. The van der Waals surface area contributed by atoms with E-state index in [1.165, 1.54) is 0 Å². The lowest BCUT2D eigenvalue weighted by atomic mass is 10.0. The van der Waals surface area contributed by atoms with Gasteiger partial charge in [0.1, 0.15) is 0 Å². The van der Waals surface area contributed by atoms with E-state index in [0.717, 1.165) is 18.6 Å². The minimum absolute atomic E-state index is 0. The van der Waals surface area contributed by atoms with Crippen molar-refractivity contribution in [1.82, 2.24) is 10.2 Å². The molecule has 9 heteroatoms. The van der Waals surface area contributed by atoms with E-state index in [0.29, 0.717) is 13.1 Å². The van der Waals surface area contributed by atoms with E-state index in [-0.39, 0.29) is 36.6 Å². The van der Waals surface area contributed by atoms with Crippen LogP contribution in [0.2, 0.25) is 0 Å². The summed E-state index contributed by atoms with van der Waals surface area (Å²) in [5, 5.41) is 3.05. The molecule has 0 aromatic heterocycles. The molecule has 1 fully saturated rings. The molecule has 1 aromatic rings. The summed E-state index contributed by atoms with van der Waals surface area (Å²) in [6.07, 6.45) is -8.77. The molecule has 1 aliphatic rings. The van der Waals surface area contributed by atoms with Gasteiger partial charge in [0.05, 0.1) is 11.1 Å². The van der Waals surface area contributed by atoms with Crippen molar-refractivity contribution < 1.29 is 26.3 Å². The highest BCUT2D eigenvalue weighted by Gasteiger charge is 2.37. The lowest BCUT2D eigenvalue weighted by Gasteiger charge is -2.19. The van der Waals surface area contributed by atoms with Gasteiger partial charge in [-0.3, -0.25) is 4.90 Å². The van der Waals surface area contributed by atoms with Crippen LogP contribution in [0.25, 0.3) is 0 Å². The van der Waals surface area contributed by atoms with E-state index >= 15 is 0 Å². The maximum atomic E-state index is 12.8. The van der Waals surface area contributed by atoms with Crippen LogP contribution < -0.4 is 5.32 Å². The first kappa shape index (κ1) is 20.1. The van der Waals surface area contributed by atoms with Gasteiger partial charge in [-0.05, 0) is 37.2 Å². The van der Waals surface area contributed by atoms with Crippen molar-refractivity contribution in [2.75, 3.05) is 20.1 Å². The second kappa shape index (κ2) is 7.27. The van der Waals surface area contributed by atoms with Crippen molar-refractivity contribution in [2.24, 2.45) is 0 Å². The van der Waals surface area contributed by atoms with Crippen molar-refractivity contribution in [3.8, 4) is 0 Å². The maximum Gasteiger partial charge on any atom is 0.416 e. The molecular formula is C14H17ClF6N2. The van der Waals surface area contributed by atoms with E-state index in [1.54, 1.807) is 7.05 Å². The molecule has 1 N–H and O–H groups in total. The Labute approximate surface area is 136 Å². The molecule has 1 aliphatic heterocycles. The first-order valence-electron chi connectivity index (χ1n) is 6.77. The normalized spacial score (nSPS) is 19.7. The standard InChI is InChI=1S/C14H16F6N2.ClH/c1-21-12-2-3-22(8-12)7-9-4-10(13(15,16)17)6-11(5-9)14(18,19)20;/h4-6,12,21H,2-3,7-8H2,1H3;1H. The molecule has 132 valence electrons. The average molecular weight is 363 g/mol. The van der Waals surface area contributed by atoms with Crippen molar-refractivity contribution in [2.45, 2.75) is 31.4 Å². The summed E-state index contributed by atoms with van der Waals surface area (Å²) >= 11 is 0. The van der Waals surface area contributed by atoms with Crippen LogP contribution in [0, 0.1) is 0 Å². The summed E-state index contributed by atoms with van der Waals surface area (Å²) in [4.78, 5) is 1.84. The SMILES string of the molecule is CNC1CCN(Cc2cc(C(F)(F)F)cc(C(F)(F)F)c2)C1.Cl. The highest BCUT2D eigenvalue weighted by Crippen LogP contribution is 2.36. The molecule has 1 heterocycles. The monoisotopic (exact) mass is 362 g/mol. The number of likely N-dealkylation sites (tertiary alicyclic amines) is 1. The summed E-state index contributed by atoms with van der Waals surface area (Å²) < 4.78 is 76.7. The molecule has 1 unspecified atom stereocenters. The minimum Gasteiger partial charge on any atom is -0.316 e. The van der Waals surface area contributed by atoms with Gasteiger partial charge in [0.15, 0.2) is 0 Å². The molecule has 0 bridgehead atoms. The summed E-state index contributed by atoms with van der Waals surface area (Å²) in [6, 6.07) is 1.96. The van der Waals surface area contributed by atoms with Crippen LogP contribution in [0.1, 0.15) is 23.1 Å². The lowest BCUT2D eigenvalue weighted by Crippen LogP contribution is -2.29. The summed E-state index contributed by atoms with van der Waals surface area (Å²) in [5.74, 6) is 0. The molecule has 0 saturated carbocycles. The second-order valence-corrected chi connectivity index (χ2v) is 5.42. The minimum atomic E-state index is -4.80. The largest absolute Gasteiger partial charge is 0.416 e. The van der Waals surface area contributed by atoms with Crippen LogP contribution >= 0.6 is 12.4 Å². The molecule has 2 rings (SSSR count). The lowest BCUT2D eigenvalue weighted by molar-refractivity contribution is -0.143. The quantitative estimate of drug-likeness (QED) is 0.819. The zero-order chi connectivity index (χ0) is 16.5. The Morgan fingerprint density at radius 1 is 1.04 bits per heavy atom. The van der Waals surface area contributed by atoms with Crippen molar-refractivity contribution in [1.29, 1.82) is 0 Å². The number of hydrogen-bond acceptors (Lipinski definition) is 2. The van der Waals surface area contributed by atoms with E-state index in [4.69, 9.17) is 0 Å². The van der Waals surface area contributed by atoms with E-state index in [1.807, 2.05) is 4.90 Å². The number of nitrogens with one attached hydrogen (secondary N) is 1. The maximum absolute atomic E-state index is 12.8. The molecule has 0 spiro atoms. The molecule has 23 heavy (non-hydrogen) atoms. The van der Waals surface area contributed by atoms with Crippen LogP contribution in [0.3, 0.4) is 0 Å². The zero-order valence-corrected chi connectivity index (χ0v) is 13.1. The van der Waals surface area contributed by atoms with Gasteiger partial charge >= 0.3 is 12.4 Å². The van der Waals surface area contributed by atoms with Gasteiger partial charge < -0.3 is 5.32 Å². The Balaban J connectivity index is 0.00000264. The zero-order valence-electron chi connectivity index (χ0n) is 12.3. The molecular weight excluding hydrogens is 346 g/mol. The topological polar surface area (TPSA) is 15.3 Å². The molecule has 1 aromatic carbocycles. The number of rotatable bonds is 3. The predicted octanol–water partition coefficient (Wildman–Crippen LogP) is 3.94. The molecule has 2 nitrogen and oxygen atoms in total. The van der Waals surface area contributed by atoms with Crippen LogP contribution in [0.15, 0.2) is 18.2 Å². The first-order chi connectivity index (χ1) is 10.1. The van der Waals surface area contributed by atoms with Gasteiger partial charge in [-0.15, -0.1) is 12.4 Å². The number of benzene rings is 1. The number of nitrogens with zero attached hydrogens (tertiary/aromatic N) is 1. The molecule has 0 amide bonds. The highest BCUT2D eigenvalue weighted by molar-refractivity contribution is 5.85. The predicted molar refractivity (Wildman–Crippen MR) is 76.4 cm³/mol. The summed E-state index contributed by atoms with van der Waals surface area (Å²) in [5.41, 5.74) is -2.50. The van der Waals surface area contributed by atoms with E-state index in [9.17, 15) is 26.3 Å². The van der Waals surface area contributed by atoms with Gasteiger partial charge in [0, 0.05) is 25.7 Å². The Kier molecular flexibility index (Phi) is 6.34. The smallest absolute Gasteiger partial charge is 0.316 e. The average Bonchev–Trinajstić information content (AvgIpc) is 2.84. The number of hydrogen-bond donors (Lipinski definition) is 1. The van der Waals surface area contributed by atoms with Crippen molar-refractivity contribution in [3.05, 3.63) is 34.9 Å². The third kappa shape index (κ3) is 5.26. The number of likely N-dealkylation sites (N-methyl/N-ethyl adjacent to an activating group) is 1. The fourth-order valence-electron chi connectivity index (χ4n) is 2.58. The number of halogens is 7. The second-order valence-electron chi connectivity index (χ2n) is 5.42. The van der Waals surface area contributed by atoms with E-state index < -0.39 is 23.5 Å². The van der Waals surface area contributed by atoms with Gasteiger partial charge in [-0.2, -0.15) is 26.3 Å². The van der Waals surface area contributed by atoms with Crippen LogP contribution in [-0.4, -0.2) is 31.1 Å². The Hall–Kier alpha value is -0.990. The fraction of sp³-hybridized carbons (Fsp3) is 0.571. The third-order valence-corrected chi connectivity index (χ3v) is 3.73. The van der Waals surface area contributed by atoms with Crippen molar-refractivity contribution in [3.63, 3.8) is 0 Å². The van der Waals surface area contributed by atoms with E-state index in [2.05, 4.69) is 5.32 Å². The Morgan fingerprint density at radius 3 is 1.96 bits per heavy atom. The summed E-state index contributed by atoms with van der Waals surface area (Å²) in [7, 11) is 1.78. The first-order valence-corrected chi connectivity index (χ1v) is 6.77. The van der Waals surface area contributed by atoms with Crippen LogP contribution in [0.5, 0.6) is 0 Å². The Bertz CT molecular complexity index is 497. The molecule has 0 aliphatic carbocycles. The third-order valence-electron chi connectivity index (χ3n) is 3.73. The van der Waals surface area contributed by atoms with Gasteiger partial charge in [0.25, 0.3) is 0 Å². The van der Waals surface area contributed by atoms with Crippen LogP contribution in [-0.2, 0) is 18.9 Å². The molecule has 1 atom stereocenters. The van der Waals surface area contributed by atoms with Gasteiger partial charge in [0.2, 0.25) is 0 Å². The van der Waals surface area contributed by atoms with Gasteiger partial charge in [-0.25, -0.2) is 0 Å². The summed E-state index contributed by atoms with van der Waals surface area (Å²) in [6.45, 7) is 1.32. The molecule has 0 radical (unpaired) electrons.